The van der Waals surface area contributed by atoms with Crippen molar-refractivity contribution in [1.82, 2.24) is 5.32 Å². The van der Waals surface area contributed by atoms with Crippen LogP contribution >= 0.6 is 0 Å². The van der Waals surface area contributed by atoms with Crippen LogP contribution in [-0.2, 0) is 4.74 Å². The van der Waals surface area contributed by atoms with Gasteiger partial charge in [0.1, 0.15) is 6.10 Å². The molecule has 0 saturated carbocycles. The molecule has 1 N–H and O–H groups in total. The van der Waals surface area contributed by atoms with Gasteiger partial charge in [0, 0.05) is 24.9 Å². The number of esters is 1. The van der Waals surface area contributed by atoms with Gasteiger partial charge in [0.05, 0.1) is 5.56 Å². The fraction of sp³-hybridized carbons (Fsp3) is 0.500. The van der Waals surface area contributed by atoms with E-state index in [-0.39, 0.29) is 12.1 Å². The van der Waals surface area contributed by atoms with Gasteiger partial charge in [0.15, 0.2) is 0 Å². The minimum Gasteiger partial charge on any atom is -0.458 e. The summed E-state index contributed by atoms with van der Waals surface area (Å²) < 4.78 is 5.62. The lowest BCUT2D eigenvalue weighted by molar-refractivity contribution is -0.0112. The predicted octanol–water partition coefficient (Wildman–Crippen LogP) is 2.09. The third-order valence-electron chi connectivity index (χ3n) is 3.31. The Hall–Kier alpha value is -1.35. The molecule has 17 heavy (non-hydrogen) atoms. The molecule has 1 unspecified atom stereocenters. The molecule has 1 heterocycles. The molecule has 1 aliphatic rings. The van der Waals surface area contributed by atoms with Crippen molar-refractivity contribution in [2.45, 2.75) is 20.0 Å². The summed E-state index contributed by atoms with van der Waals surface area (Å²) in [7, 11) is 0. The SMILES string of the molecule is C[C@@H]1CNC[C@H](C)C1OC(=O)c1ccccc1. The van der Waals surface area contributed by atoms with Crippen molar-refractivity contribution in [2.75, 3.05) is 13.1 Å². The van der Waals surface area contributed by atoms with E-state index in [1.165, 1.54) is 0 Å². The van der Waals surface area contributed by atoms with Gasteiger partial charge in [-0.1, -0.05) is 32.0 Å². The molecule has 0 aromatic heterocycles. The van der Waals surface area contributed by atoms with E-state index in [0.717, 1.165) is 13.1 Å². The number of ether oxygens (including phenoxy) is 1. The third kappa shape index (κ3) is 2.86. The second-order valence-corrected chi connectivity index (χ2v) is 4.85. The van der Waals surface area contributed by atoms with Gasteiger partial charge in [-0.25, -0.2) is 4.79 Å². The lowest BCUT2D eigenvalue weighted by Gasteiger charge is -2.34. The van der Waals surface area contributed by atoms with Crippen LogP contribution in [0.4, 0.5) is 0 Å². The van der Waals surface area contributed by atoms with E-state index in [4.69, 9.17) is 4.74 Å². The van der Waals surface area contributed by atoms with Gasteiger partial charge < -0.3 is 10.1 Å². The highest BCUT2D eigenvalue weighted by atomic mass is 16.5. The van der Waals surface area contributed by atoms with Crippen molar-refractivity contribution in [3.8, 4) is 0 Å². The van der Waals surface area contributed by atoms with E-state index in [1.54, 1.807) is 12.1 Å². The van der Waals surface area contributed by atoms with Crippen LogP contribution in [-0.4, -0.2) is 25.2 Å². The first kappa shape index (κ1) is 12.1. The molecular weight excluding hydrogens is 214 g/mol. The topological polar surface area (TPSA) is 38.3 Å². The molecule has 3 atom stereocenters. The van der Waals surface area contributed by atoms with E-state index in [2.05, 4.69) is 19.2 Å². The molecule has 1 aliphatic heterocycles. The second-order valence-electron chi connectivity index (χ2n) is 4.85. The van der Waals surface area contributed by atoms with Crippen molar-refractivity contribution in [3.63, 3.8) is 0 Å². The maximum absolute atomic E-state index is 12.0. The van der Waals surface area contributed by atoms with Gasteiger partial charge in [-0.2, -0.15) is 0 Å². The normalized spacial score (nSPS) is 28.7. The smallest absolute Gasteiger partial charge is 0.338 e. The van der Waals surface area contributed by atoms with E-state index < -0.39 is 0 Å². The maximum Gasteiger partial charge on any atom is 0.338 e. The molecule has 0 aliphatic carbocycles. The summed E-state index contributed by atoms with van der Waals surface area (Å²) in [6, 6.07) is 9.18. The summed E-state index contributed by atoms with van der Waals surface area (Å²) in [6.07, 6.45) is 0.0176. The molecule has 0 amide bonds. The van der Waals surface area contributed by atoms with Gasteiger partial charge in [0.25, 0.3) is 0 Å². The molecule has 3 nitrogen and oxygen atoms in total. The molecule has 1 saturated heterocycles. The number of piperidine rings is 1. The number of carbonyl (C=O) groups is 1. The number of carbonyl (C=O) groups excluding carboxylic acids is 1. The Morgan fingerprint density at radius 1 is 1.18 bits per heavy atom. The number of rotatable bonds is 2. The summed E-state index contributed by atoms with van der Waals surface area (Å²) >= 11 is 0. The van der Waals surface area contributed by atoms with Crippen molar-refractivity contribution < 1.29 is 9.53 Å². The van der Waals surface area contributed by atoms with Crippen molar-refractivity contribution in [3.05, 3.63) is 35.9 Å². The summed E-state index contributed by atoms with van der Waals surface area (Å²) in [6.45, 7) is 6.06. The molecular formula is C14H19NO2. The fourth-order valence-corrected chi connectivity index (χ4v) is 2.33. The van der Waals surface area contributed by atoms with Gasteiger partial charge >= 0.3 is 5.97 Å². The molecule has 0 spiro atoms. The third-order valence-corrected chi connectivity index (χ3v) is 3.31. The van der Waals surface area contributed by atoms with Crippen LogP contribution in [0, 0.1) is 11.8 Å². The first-order chi connectivity index (χ1) is 8.18. The lowest BCUT2D eigenvalue weighted by atomic mass is 9.89. The highest BCUT2D eigenvalue weighted by Gasteiger charge is 2.30. The summed E-state index contributed by atoms with van der Waals surface area (Å²) in [5, 5.41) is 3.34. The standard InChI is InChI=1S/C14H19NO2/c1-10-8-15-9-11(2)13(10)17-14(16)12-6-4-3-5-7-12/h3-7,10-11,13,15H,8-9H2,1-2H3/t10-,11+,13?. The number of benzene rings is 1. The van der Waals surface area contributed by atoms with Gasteiger partial charge in [0.2, 0.25) is 0 Å². The zero-order valence-corrected chi connectivity index (χ0v) is 10.3. The molecule has 1 aromatic carbocycles. The first-order valence-electron chi connectivity index (χ1n) is 6.15. The predicted molar refractivity (Wildman–Crippen MR) is 66.8 cm³/mol. The second kappa shape index (κ2) is 5.32. The summed E-state index contributed by atoms with van der Waals surface area (Å²) in [4.78, 5) is 12.0. The number of hydrogen-bond acceptors (Lipinski definition) is 3. The average Bonchev–Trinajstić information content (AvgIpc) is 2.35. The molecule has 3 heteroatoms. The number of nitrogens with one attached hydrogen (secondary N) is 1. The van der Waals surface area contributed by atoms with Gasteiger partial charge in [-0.3, -0.25) is 0 Å². The molecule has 1 fully saturated rings. The minimum atomic E-state index is -0.212. The molecule has 0 radical (unpaired) electrons. The highest BCUT2D eigenvalue weighted by molar-refractivity contribution is 5.89. The summed E-state index contributed by atoms with van der Waals surface area (Å²) in [5.74, 6) is 0.522. The largest absolute Gasteiger partial charge is 0.458 e. The van der Waals surface area contributed by atoms with Crippen molar-refractivity contribution in [2.24, 2.45) is 11.8 Å². The quantitative estimate of drug-likeness (QED) is 0.795. The van der Waals surface area contributed by atoms with Gasteiger partial charge in [-0.15, -0.1) is 0 Å². The maximum atomic E-state index is 12.0. The van der Waals surface area contributed by atoms with Crippen LogP contribution in [0.15, 0.2) is 30.3 Å². The average molecular weight is 233 g/mol. The van der Waals surface area contributed by atoms with Gasteiger partial charge in [-0.05, 0) is 12.1 Å². The van der Waals surface area contributed by atoms with Crippen molar-refractivity contribution in [1.29, 1.82) is 0 Å². The molecule has 0 bridgehead atoms. The fourth-order valence-electron chi connectivity index (χ4n) is 2.33. The van der Waals surface area contributed by atoms with Crippen LogP contribution in [0.2, 0.25) is 0 Å². The Kier molecular flexibility index (Phi) is 3.79. The monoisotopic (exact) mass is 233 g/mol. The van der Waals surface area contributed by atoms with Crippen LogP contribution in [0.25, 0.3) is 0 Å². The molecule has 92 valence electrons. The Morgan fingerprint density at radius 2 is 1.76 bits per heavy atom. The minimum absolute atomic E-state index is 0.0176. The van der Waals surface area contributed by atoms with Crippen LogP contribution < -0.4 is 5.32 Å². The Balaban J connectivity index is 2.03. The number of hydrogen-bond donors (Lipinski definition) is 1. The lowest BCUT2D eigenvalue weighted by Crippen LogP contribution is -2.46. The van der Waals surface area contributed by atoms with Crippen LogP contribution in [0.1, 0.15) is 24.2 Å². The van der Waals surface area contributed by atoms with E-state index in [9.17, 15) is 4.79 Å². The van der Waals surface area contributed by atoms with E-state index in [1.807, 2.05) is 18.2 Å². The van der Waals surface area contributed by atoms with E-state index >= 15 is 0 Å². The Morgan fingerprint density at radius 3 is 2.35 bits per heavy atom. The van der Waals surface area contributed by atoms with Crippen LogP contribution in [0.3, 0.4) is 0 Å². The molecule has 1 aromatic rings. The Labute approximate surface area is 102 Å². The van der Waals surface area contributed by atoms with E-state index in [0.29, 0.717) is 17.4 Å². The van der Waals surface area contributed by atoms with Crippen molar-refractivity contribution >= 4 is 5.97 Å². The highest BCUT2D eigenvalue weighted by Crippen LogP contribution is 2.21. The zero-order chi connectivity index (χ0) is 12.3. The zero-order valence-electron chi connectivity index (χ0n) is 10.3. The molecule has 2 rings (SSSR count). The van der Waals surface area contributed by atoms with Crippen LogP contribution in [0.5, 0.6) is 0 Å². The Bertz CT molecular complexity index is 367. The summed E-state index contributed by atoms with van der Waals surface area (Å²) in [5.41, 5.74) is 0.630. The first-order valence-corrected chi connectivity index (χ1v) is 6.15.